The Bertz CT molecular complexity index is 661. The van der Waals surface area contributed by atoms with Crippen LogP contribution in [0.3, 0.4) is 0 Å². The van der Waals surface area contributed by atoms with Gasteiger partial charge in [0, 0.05) is 16.8 Å². The molecule has 3 nitrogen and oxygen atoms in total. The van der Waals surface area contributed by atoms with Crippen molar-refractivity contribution in [3.05, 3.63) is 47.0 Å². The Labute approximate surface area is 78.6 Å². The van der Waals surface area contributed by atoms with E-state index < -0.39 is 0 Å². The maximum Gasteiger partial charge on any atom is 0.336 e. The van der Waals surface area contributed by atoms with E-state index in [0.717, 1.165) is 10.8 Å². The molecule has 0 saturated heterocycles. The lowest BCUT2D eigenvalue weighted by Gasteiger charge is -1.95. The minimum Gasteiger partial charge on any atom is -0.460 e. The van der Waals surface area contributed by atoms with Crippen LogP contribution in [-0.2, 0) is 0 Å². The lowest BCUT2D eigenvalue weighted by Crippen LogP contribution is -1.93. The van der Waals surface area contributed by atoms with Crippen LogP contribution in [0.1, 0.15) is 0 Å². The van der Waals surface area contributed by atoms with E-state index in [-0.39, 0.29) is 5.63 Å². The smallest absolute Gasteiger partial charge is 0.336 e. The van der Waals surface area contributed by atoms with Crippen LogP contribution in [0.15, 0.2) is 50.2 Å². The fourth-order valence-corrected chi connectivity index (χ4v) is 1.55. The summed E-state index contributed by atoms with van der Waals surface area (Å²) in [5, 5.41) is 1.80. The van der Waals surface area contributed by atoms with E-state index in [4.69, 9.17) is 8.83 Å². The zero-order valence-electron chi connectivity index (χ0n) is 7.19. The van der Waals surface area contributed by atoms with Gasteiger partial charge in [-0.25, -0.2) is 4.79 Å². The molecule has 0 bridgehead atoms. The Morgan fingerprint density at radius 1 is 0.857 bits per heavy atom. The monoisotopic (exact) mass is 186 g/mol. The van der Waals surface area contributed by atoms with Crippen LogP contribution in [0.25, 0.3) is 21.9 Å². The molecule has 0 unspecified atom stereocenters. The van der Waals surface area contributed by atoms with Crippen molar-refractivity contribution in [2.75, 3.05) is 0 Å². The predicted molar refractivity (Wildman–Crippen MR) is 52.3 cm³/mol. The van der Waals surface area contributed by atoms with Gasteiger partial charge in [-0.2, -0.15) is 0 Å². The van der Waals surface area contributed by atoms with Gasteiger partial charge in [0.05, 0.1) is 6.26 Å². The molecule has 0 aliphatic carbocycles. The average Bonchev–Trinajstić information content (AvgIpc) is 2.65. The summed E-state index contributed by atoms with van der Waals surface area (Å²) in [6.07, 6.45) is 1.58. The Hall–Kier alpha value is -2.03. The number of furan rings is 1. The maximum absolute atomic E-state index is 11.0. The fourth-order valence-electron chi connectivity index (χ4n) is 1.55. The summed E-state index contributed by atoms with van der Waals surface area (Å²) in [4.78, 5) is 11.0. The van der Waals surface area contributed by atoms with Crippen LogP contribution in [0, 0.1) is 0 Å². The van der Waals surface area contributed by atoms with Crippen molar-refractivity contribution in [1.29, 1.82) is 0 Å². The van der Waals surface area contributed by atoms with Crippen LogP contribution in [0.4, 0.5) is 0 Å². The van der Waals surface area contributed by atoms with Crippen molar-refractivity contribution < 1.29 is 8.83 Å². The fraction of sp³-hybridized carbons (Fsp3) is 0. The second-order valence-electron chi connectivity index (χ2n) is 3.08. The van der Waals surface area contributed by atoms with Crippen molar-refractivity contribution in [3.8, 4) is 0 Å². The topological polar surface area (TPSA) is 43.4 Å². The van der Waals surface area contributed by atoms with E-state index >= 15 is 0 Å². The van der Waals surface area contributed by atoms with Gasteiger partial charge in [-0.15, -0.1) is 0 Å². The van der Waals surface area contributed by atoms with Crippen LogP contribution in [0.5, 0.6) is 0 Å². The molecule has 2 aromatic heterocycles. The van der Waals surface area contributed by atoms with Crippen LogP contribution >= 0.6 is 0 Å². The summed E-state index contributed by atoms with van der Waals surface area (Å²) in [6.45, 7) is 0. The molecule has 3 aromatic rings. The Morgan fingerprint density at radius 2 is 1.57 bits per heavy atom. The molecule has 0 aliphatic rings. The molecular formula is C11H6O3. The summed E-state index contributed by atoms with van der Waals surface area (Å²) < 4.78 is 10.3. The van der Waals surface area contributed by atoms with Crippen molar-refractivity contribution in [3.63, 3.8) is 0 Å². The molecule has 3 rings (SSSR count). The molecule has 0 N–H and O–H groups in total. The molecule has 0 spiro atoms. The number of hydrogen-bond acceptors (Lipinski definition) is 3. The number of fused-ring (bicyclic) bond motifs is 3. The van der Waals surface area contributed by atoms with E-state index in [9.17, 15) is 4.79 Å². The first kappa shape index (κ1) is 7.38. The summed E-state index contributed by atoms with van der Waals surface area (Å²) >= 11 is 0. The zero-order chi connectivity index (χ0) is 9.54. The SMILES string of the molecule is O=c1ccc2ccc3ccoc3c2o1. The number of hydrogen-bond donors (Lipinski definition) is 0. The highest BCUT2D eigenvalue weighted by Crippen LogP contribution is 2.24. The molecule has 14 heavy (non-hydrogen) atoms. The Kier molecular flexibility index (Phi) is 1.31. The largest absolute Gasteiger partial charge is 0.460 e. The minimum atomic E-state index is -0.360. The van der Waals surface area contributed by atoms with Crippen LogP contribution in [-0.4, -0.2) is 0 Å². The van der Waals surface area contributed by atoms with E-state index in [1.54, 1.807) is 12.3 Å². The zero-order valence-corrected chi connectivity index (χ0v) is 7.19. The summed E-state index contributed by atoms with van der Waals surface area (Å²) in [6, 6.07) is 8.79. The predicted octanol–water partition coefficient (Wildman–Crippen LogP) is 2.54. The molecule has 0 saturated carbocycles. The third-order valence-electron chi connectivity index (χ3n) is 2.21. The van der Waals surface area contributed by atoms with Crippen molar-refractivity contribution >= 4 is 21.9 Å². The third kappa shape index (κ3) is 0.893. The first-order valence-corrected chi connectivity index (χ1v) is 4.25. The number of rotatable bonds is 0. The summed E-state index contributed by atoms with van der Waals surface area (Å²) in [5.41, 5.74) is 0.779. The molecule has 1 aromatic carbocycles. The highest BCUT2D eigenvalue weighted by Gasteiger charge is 2.05. The quantitative estimate of drug-likeness (QED) is 0.506. The molecular weight excluding hydrogens is 180 g/mol. The van der Waals surface area contributed by atoms with Crippen molar-refractivity contribution in [2.24, 2.45) is 0 Å². The van der Waals surface area contributed by atoms with Gasteiger partial charge in [-0.05, 0) is 12.1 Å². The van der Waals surface area contributed by atoms with Gasteiger partial charge in [-0.3, -0.25) is 0 Å². The van der Waals surface area contributed by atoms with Crippen LogP contribution in [0.2, 0.25) is 0 Å². The molecule has 3 heteroatoms. The standard InChI is InChI=1S/C11H6O3/c12-9-4-3-7-1-2-8-5-6-13-10(8)11(7)14-9/h1-6H. The van der Waals surface area contributed by atoms with Crippen LogP contribution < -0.4 is 5.63 Å². The van der Waals surface area contributed by atoms with Gasteiger partial charge in [0.15, 0.2) is 11.2 Å². The Balaban J connectivity index is 2.66. The van der Waals surface area contributed by atoms with Gasteiger partial charge in [0.2, 0.25) is 0 Å². The highest BCUT2D eigenvalue weighted by molar-refractivity contribution is 6.00. The molecule has 2 heterocycles. The summed E-state index contributed by atoms with van der Waals surface area (Å²) in [7, 11) is 0. The van der Waals surface area contributed by atoms with Gasteiger partial charge in [0.25, 0.3) is 0 Å². The second-order valence-corrected chi connectivity index (χ2v) is 3.08. The number of benzene rings is 1. The maximum atomic E-state index is 11.0. The Morgan fingerprint density at radius 3 is 2.43 bits per heavy atom. The molecule has 0 radical (unpaired) electrons. The molecule has 0 aliphatic heterocycles. The van der Waals surface area contributed by atoms with E-state index in [0.29, 0.717) is 11.2 Å². The first-order valence-electron chi connectivity index (χ1n) is 4.25. The van der Waals surface area contributed by atoms with E-state index in [1.165, 1.54) is 6.07 Å². The van der Waals surface area contributed by atoms with Gasteiger partial charge in [-0.1, -0.05) is 12.1 Å². The molecule has 0 atom stereocenters. The molecule has 0 fully saturated rings. The van der Waals surface area contributed by atoms with Gasteiger partial charge in [0.1, 0.15) is 0 Å². The minimum absolute atomic E-state index is 0.360. The van der Waals surface area contributed by atoms with Crippen molar-refractivity contribution in [1.82, 2.24) is 0 Å². The van der Waals surface area contributed by atoms with Gasteiger partial charge >= 0.3 is 5.63 Å². The lowest BCUT2D eigenvalue weighted by atomic mass is 10.2. The summed E-state index contributed by atoms with van der Waals surface area (Å²) in [5.74, 6) is 0. The molecule has 0 amide bonds. The highest BCUT2D eigenvalue weighted by atomic mass is 16.4. The first-order chi connectivity index (χ1) is 6.84. The lowest BCUT2D eigenvalue weighted by molar-refractivity contribution is 0.546. The van der Waals surface area contributed by atoms with E-state index in [2.05, 4.69) is 0 Å². The third-order valence-corrected chi connectivity index (χ3v) is 2.21. The van der Waals surface area contributed by atoms with Crippen molar-refractivity contribution in [2.45, 2.75) is 0 Å². The molecule has 68 valence electrons. The van der Waals surface area contributed by atoms with Gasteiger partial charge < -0.3 is 8.83 Å². The second kappa shape index (κ2) is 2.48. The normalized spacial score (nSPS) is 11.1. The average molecular weight is 186 g/mol. The van der Waals surface area contributed by atoms with E-state index in [1.807, 2.05) is 18.2 Å².